The van der Waals surface area contributed by atoms with Crippen molar-refractivity contribution < 1.29 is 0 Å². The molecule has 0 aliphatic carbocycles. The van der Waals surface area contributed by atoms with Gasteiger partial charge in [-0.25, -0.2) is 0 Å². The van der Waals surface area contributed by atoms with Gasteiger partial charge in [0.05, 0.1) is 16.6 Å². The van der Waals surface area contributed by atoms with Gasteiger partial charge in [0.25, 0.3) is 0 Å². The molecule has 3 aromatic heterocycles. The zero-order chi connectivity index (χ0) is 14.6. The minimum Gasteiger partial charge on any atom is -0.354 e. The number of pyridine rings is 1. The minimum atomic E-state index is 0.853. The van der Waals surface area contributed by atoms with Crippen LogP contribution in [0.2, 0.25) is 0 Å². The van der Waals surface area contributed by atoms with Gasteiger partial charge in [0.2, 0.25) is 0 Å². The van der Waals surface area contributed by atoms with Crippen LogP contribution in [0.25, 0.3) is 45.5 Å². The van der Waals surface area contributed by atoms with Crippen molar-refractivity contribution in [3.05, 3.63) is 41.2 Å². The first kappa shape index (κ1) is 11.9. The van der Waals surface area contributed by atoms with E-state index < -0.39 is 0 Å². The van der Waals surface area contributed by atoms with Crippen molar-refractivity contribution in [3.63, 3.8) is 0 Å². The Bertz CT molecular complexity index is 1130. The van der Waals surface area contributed by atoms with Gasteiger partial charge < -0.3 is 9.55 Å². The van der Waals surface area contributed by atoms with Crippen LogP contribution < -0.4 is 10.6 Å². The summed E-state index contributed by atoms with van der Waals surface area (Å²) in [4.78, 5) is 11.5. The first-order valence-corrected chi connectivity index (χ1v) is 6.70. The van der Waals surface area contributed by atoms with Crippen LogP contribution in [0, 0.1) is 0 Å². The minimum absolute atomic E-state index is 0.853. The van der Waals surface area contributed by atoms with Crippen molar-refractivity contribution in [1.82, 2.24) is 14.5 Å². The van der Waals surface area contributed by atoms with Gasteiger partial charge in [0.15, 0.2) is 0 Å². The van der Waals surface area contributed by atoms with Gasteiger partial charge in [0.1, 0.15) is 0 Å². The van der Waals surface area contributed by atoms with E-state index in [9.17, 15) is 0 Å². The molecular formula is C17H14N4. The summed E-state index contributed by atoms with van der Waals surface area (Å²) >= 11 is 0. The summed E-state index contributed by atoms with van der Waals surface area (Å²) in [7, 11) is 2.07. The number of hydrogen-bond acceptors (Lipinski definition) is 2. The van der Waals surface area contributed by atoms with Gasteiger partial charge in [-0.1, -0.05) is 12.6 Å². The van der Waals surface area contributed by atoms with Crippen molar-refractivity contribution in [3.8, 4) is 0 Å². The van der Waals surface area contributed by atoms with E-state index in [-0.39, 0.29) is 0 Å². The quantitative estimate of drug-likeness (QED) is 0.531. The Morgan fingerprint density at radius 1 is 1.24 bits per heavy atom. The molecule has 0 unspecified atom stereocenters. The van der Waals surface area contributed by atoms with E-state index in [4.69, 9.17) is 0 Å². The van der Waals surface area contributed by atoms with E-state index in [1.807, 2.05) is 18.5 Å². The third kappa shape index (κ3) is 1.44. The third-order valence-corrected chi connectivity index (χ3v) is 4.09. The van der Waals surface area contributed by atoms with Gasteiger partial charge in [-0.05, 0) is 18.9 Å². The maximum absolute atomic E-state index is 4.27. The highest BCUT2D eigenvalue weighted by atomic mass is 14.9. The Morgan fingerprint density at radius 2 is 2.10 bits per heavy atom. The fraction of sp³-hybridized carbons (Fsp3) is 0.0588. The SMILES string of the molecule is C=N/C=c1\c(=C)[nH]c2c1ccc1c2c2cnccc2n1C. The lowest BCUT2D eigenvalue weighted by molar-refractivity contribution is 1.01. The molecule has 0 bridgehead atoms. The summed E-state index contributed by atoms with van der Waals surface area (Å²) in [6, 6.07) is 6.27. The molecule has 0 radical (unpaired) electrons. The molecule has 3 heterocycles. The smallest absolute Gasteiger partial charge is 0.0567 e. The lowest BCUT2D eigenvalue weighted by atomic mass is 10.1. The molecule has 4 rings (SSSR count). The standard InChI is InChI=1S/C17H14N4/c1-10-12(8-18-2)11-4-5-15-16(17(11)20-10)13-9-19-7-6-14(13)21(15)3/h4-9,20H,1-2H2,3H3/b12-8+. The molecule has 0 aliphatic rings. The summed E-state index contributed by atoms with van der Waals surface area (Å²) < 4.78 is 2.19. The zero-order valence-electron chi connectivity index (χ0n) is 11.7. The molecule has 0 saturated heterocycles. The number of rotatable bonds is 1. The van der Waals surface area contributed by atoms with E-state index in [2.05, 4.69) is 52.0 Å². The van der Waals surface area contributed by atoms with Crippen molar-refractivity contribution in [1.29, 1.82) is 0 Å². The van der Waals surface area contributed by atoms with Crippen LogP contribution in [0.4, 0.5) is 0 Å². The zero-order valence-corrected chi connectivity index (χ0v) is 11.7. The number of aliphatic imine (C=N–C) groups is 1. The summed E-state index contributed by atoms with van der Waals surface area (Å²) in [6.07, 6.45) is 5.48. The normalized spacial score (nSPS) is 12.7. The summed E-state index contributed by atoms with van der Waals surface area (Å²) in [5.74, 6) is 0. The molecule has 21 heavy (non-hydrogen) atoms. The van der Waals surface area contributed by atoms with Crippen molar-refractivity contribution in [2.45, 2.75) is 0 Å². The number of aromatic nitrogens is 3. The Hall–Kier alpha value is -2.88. The molecule has 4 aromatic rings. The average molecular weight is 274 g/mol. The van der Waals surface area contributed by atoms with E-state index in [0.717, 1.165) is 26.9 Å². The Kier molecular flexibility index (Phi) is 2.30. The molecule has 0 atom stereocenters. The molecule has 0 aliphatic heterocycles. The van der Waals surface area contributed by atoms with Crippen molar-refractivity contribution in [2.75, 3.05) is 0 Å². The van der Waals surface area contributed by atoms with Crippen LogP contribution in [-0.4, -0.2) is 21.3 Å². The number of nitrogens with zero attached hydrogens (tertiary/aromatic N) is 3. The highest BCUT2D eigenvalue weighted by Crippen LogP contribution is 2.31. The van der Waals surface area contributed by atoms with Gasteiger partial charge in [0, 0.05) is 52.4 Å². The number of fused-ring (bicyclic) bond motifs is 5. The molecule has 0 fully saturated rings. The second kappa shape index (κ2) is 4.06. The fourth-order valence-corrected chi connectivity index (χ4v) is 3.12. The van der Waals surface area contributed by atoms with E-state index >= 15 is 0 Å². The average Bonchev–Trinajstić information content (AvgIpc) is 2.97. The summed E-state index contributed by atoms with van der Waals surface area (Å²) in [5.41, 5.74) is 3.41. The van der Waals surface area contributed by atoms with Gasteiger partial charge in [-0.3, -0.25) is 9.98 Å². The number of H-pyrrole nitrogens is 1. The Balaban J connectivity index is 2.38. The first-order valence-electron chi connectivity index (χ1n) is 6.70. The van der Waals surface area contributed by atoms with Crippen LogP contribution in [-0.2, 0) is 7.05 Å². The summed E-state index contributed by atoms with van der Waals surface area (Å²) in [5, 5.41) is 5.26. The number of aryl methyl sites for hydroxylation is 1. The van der Waals surface area contributed by atoms with Crippen molar-refractivity contribution >= 4 is 52.2 Å². The lowest BCUT2D eigenvalue weighted by Crippen LogP contribution is -2.19. The summed E-state index contributed by atoms with van der Waals surface area (Å²) in [6.45, 7) is 7.61. The maximum atomic E-state index is 4.27. The van der Waals surface area contributed by atoms with Crippen LogP contribution in [0.5, 0.6) is 0 Å². The molecule has 1 aromatic carbocycles. The molecule has 4 nitrogen and oxygen atoms in total. The van der Waals surface area contributed by atoms with E-state index in [1.165, 1.54) is 16.4 Å². The second-order valence-electron chi connectivity index (χ2n) is 5.16. The van der Waals surface area contributed by atoms with Gasteiger partial charge in [-0.2, -0.15) is 0 Å². The number of benzene rings is 1. The number of hydrogen-bond donors (Lipinski definition) is 1. The van der Waals surface area contributed by atoms with E-state index in [0.29, 0.717) is 0 Å². The van der Waals surface area contributed by atoms with Crippen molar-refractivity contribution in [2.24, 2.45) is 12.0 Å². The van der Waals surface area contributed by atoms with Gasteiger partial charge in [-0.15, -0.1) is 0 Å². The molecule has 1 N–H and O–H groups in total. The van der Waals surface area contributed by atoms with E-state index in [1.54, 1.807) is 6.20 Å². The van der Waals surface area contributed by atoms with Crippen LogP contribution in [0.15, 0.2) is 35.6 Å². The number of aromatic amines is 1. The Labute approximate surface area is 120 Å². The molecule has 102 valence electrons. The van der Waals surface area contributed by atoms with Gasteiger partial charge >= 0.3 is 0 Å². The van der Waals surface area contributed by atoms with Crippen LogP contribution >= 0.6 is 0 Å². The molecule has 0 spiro atoms. The molecule has 0 saturated carbocycles. The topological polar surface area (TPSA) is 46.0 Å². The second-order valence-corrected chi connectivity index (χ2v) is 5.16. The lowest BCUT2D eigenvalue weighted by Gasteiger charge is -1.97. The molecule has 0 amide bonds. The molecule has 4 heteroatoms. The largest absolute Gasteiger partial charge is 0.354 e. The molecular weight excluding hydrogens is 260 g/mol. The third-order valence-electron chi connectivity index (χ3n) is 4.09. The van der Waals surface area contributed by atoms with Crippen LogP contribution in [0.3, 0.4) is 0 Å². The highest BCUT2D eigenvalue weighted by molar-refractivity contribution is 6.19. The monoisotopic (exact) mass is 274 g/mol. The highest BCUT2D eigenvalue weighted by Gasteiger charge is 2.12. The Morgan fingerprint density at radius 3 is 2.90 bits per heavy atom. The fourth-order valence-electron chi connectivity index (χ4n) is 3.12. The predicted molar refractivity (Wildman–Crippen MR) is 88.9 cm³/mol. The predicted octanol–water partition coefficient (Wildman–Crippen LogP) is 2.06. The number of nitrogens with one attached hydrogen (secondary N) is 1. The first-order chi connectivity index (χ1) is 10.2. The maximum Gasteiger partial charge on any atom is 0.0567 e. The van der Waals surface area contributed by atoms with Crippen LogP contribution in [0.1, 0.15) is 0 Å².